The first-order chi connectivity index (χ1) is 20.9. The Hall–Kier alpha value is -3.66. The number of hydrogen-bond donors (Lipinski definition) is 2. The number of aromatic nitrogens is 4. The zero-order chi connectivity index (χ0) is 31.6. The number of nitrogens with zero attached hydrogens (tertiary/aromatic N) is 5. The molecule has 234 valence electrons. The summed E-state index contributed by atoms with van der Waals surface area (Å²) in [6.45, 7) is 11.1. The van der Waals surface area contributed by atoms with Crippen LogP contribution in [0, 0.1) is 23.1 Å². The summed E-state index contributed by atoms with van der Waals surface area (Å²) in [6.07, 6.45) is 5.69. The van der Waals surface area contributed by atoms with Gasteiger partial charge < -0.3 is 10.2 Å². The van der Waals surface area contributed by atoms with Gasteiger partial charge in [0.25, 0.3) is 11.8 Å². The molecule has 1 saturated carbocycles. The van der Waals surface area contributed by atoms with Crippen molar-refractivity contribution in [1.82, 2.24) is 30.8 Å². The molecule has 1 aliphatic carbocycles. The molecule has 2 unspecified atom stereocenters. The van der Waals surface area contributed by atoms with Crippen molar-refractivity contribution < 1.29 is 14.0 Å². The van der Waals surface area contributed by atoms with Crippen molar-refractivity contribution in [2.45, 2.75) is 91.4 Å². The largest absolute Gasteiger partial charge is 0.345 e. The second kappa shape index (κ2) is 12.8. The van der Waals surface area contributed by atoms with E-state index in [4.69, 9.17) is 16.6 Å². The smallest absolute Gasteiger partial charge is 0.275 e. The molecule has 1 fully saturated rings. The SMILES string of the molecule is CC(C)CC[C@H](c1ccc(C(=O)NCc2nn[nH]n2)cc1)N1C(=O)C(c2ccc(F)c(Cl)c2)=NC1(C)CCC(C)C1(C)CC1. The lowest BCUT2D eigenvalue weighted by Crippen LogP contribution is -2.47. The molecule has 3 aromatic rings. The summed E-state index contributed by atoms with van der Waals surface area (Å²) >= 11 is 6.14. The molecule has 0 bridgehead atoms. The van der Waals surface area contributed by atoms with Crippen LogP contribution >= 0.6 is 11.6 Å². The van der Waals surface area contributed by atoms with Crippen molar-refractivity contribution in [1.29, 1.82) is 0 Å². The van der Waals surface area contributed by atoms with E-state index in [1.54, 1.807) is 18.2 Å². The minimum absolute atomic E-state index is 0.0435. The molecule has 9 nitrogen and oxygen atoms in total. The van der Waals surface area contributed by atoms with E-state index in [0.717, 1.165) is 24.8 Å². The van der Waals surface area contributed by atoms with Crippen LogP contribution in [0.5, 0.6) is 0 Å². The fourth-order valence-electron chi connectivity index (χ4n) is 6.00. The Labute approximate surface area is 263 Å². The standard InChI is InChI=1S/C33H41ClFN7O2/c1-20(2)6-13-27(22-7-9-23(10-8-22)30(43)36-19-28-38-40-41-39-28)42-31(44)29(24-11-12-26(35)25(34)18-24)37-33(42,5)15-14-21(3)32(4)16-17-32/h7-12,18,20-21,27H,6,13-17,19H2,1-5H3,(H,36,43)(H,38,39,40,41)/t21?,27-,33?/m1/s1. The van der Waals surface area contributed by atoms with Crippen LogP contribution in [0.1, 0.15) is 106 Å². The third-order valence-electron chi connectivity index (χ3n) is 9.45. The van der Waals surface area contributed by atoms with Gasteiger partial charge in [0.15, 0.2) is 5.82 Å². The Morgan fingerprint density at radius 2 is 1.82 bits per heavy atom. The number of halogens is 2. The van der Waals surface area contributed by atoms with Crippen LogP contribution in [0.4, 0.5) is 4.39 Å². The lowest BCUT2D eigenvalue weighted by Gasteiger charge is -2.40. The number of amides is 2. The molecule has 11 heteroatoms. The van der Waals surface area contributed by atoms with Gasteiger partial charge >= 0.3 is 0 Å². The molecule has 3 atom stereocenters. The molecule has 1 aliphatic heterocycles. The van der Waals surface area contributed by atoms with Gasteiger partial charge in [-0.25, -0.2) is 4.39 Å². The fraction of sp³-hybridized carbons (Fsp3) is 0.515. The van der Waals surface area contributed by atoms with Crippen LogP contribution in [0.25, 0.3) is 0 Å². The molecular weight excluding hydrogens is 581 g/mol. The summed E-state index contributed by atoms with van der Waals surface area (Å²) in [7, 11) is 0. The minimum atomic E-state index is -0.810. The van der Waals surface area contributed by atoms with Gasteiger partial charge in [-0.05, 0) is 98.6 Å². The van der Waals surface area contributed by atoms with Crippen LogP contribution < -0.4 is 5.32 Å². The molecule has 2 amide bonds. The topological polar surface area (TPSA) is 116 Å². The first-order valence-electron chi connectivity index (χ1n) is 15.4. The average molecular weight is 622 g/mol. The van der Waals surface area contributed by atoms with Crippen molar-refractivity contribution in [3.8, 4) is 0 Å². The molecular formula is C33H41ClFN7O2. The Balaban J connectivity index is 1.46. The predicted molar refractivity (Wildman–Crippen MR) is 168 cm³/mol. The van der Waals surface area contributed by atoms with Gasteiger partial charge in [-0.2, -0.15) is 5.21 Å². The van der Waals surface area contributed by atoms with E-state index in [0.29, 0.717) is 46.3 Å². The maximum atomic E-state index is 14.4. The first kappa shape index (κ1) is 31.8. The lowest BCUT2D eigenvalue weighted by molar-refractivity contribution is -0.131. The summed E-state index contributed by atoms with van der Waals surface area (Å²) in [5.41, 5.74) is 1.75. The third kappa shape index (κ3) is 6.85. The second-order valence-electron chi connectivity index (χ2n) is 13.2. The number of H-pyrrole nitrogens is 1. The Kier molecular flexibility index (Phi) is 9.20. The van der Waals surface area contributed by atoms with Crippen LogP contribution in [-0.2, 0) is 11.3 Å². The second-order valence-corrected chi connectivity index (χ2v) is 13.6. The van der Waals surface area contributed by atoms with Gasteiger partial charge in [-0.1, -0.05) is 56.6 Å². The maximum Gasteiger partial charge on any atom is 0.275 e. The summed E-state index contributed by atoms with van der Waals surface area (Å²) < 4.78 is 14.1. The van der Waals surface area contributed by atoms with Crippen LogP contribution in [0.2, 0.25) is 5.02 Å². The molecule has 2 aliphatic rings. The Morgan fingerprint density at radius 3 is 2.43 bits per heavy atom. The number of hydrogen-bond acceptors (Lipinski definition) is 6. The number of carbonyl (C=O) groups excluding carboxylic acids is 2. The van der Waals surface area contributed by atoms with Gasteiger partial charge in [0.2, 0.25) is 0 Å². The van der Waals surface area contributed by atoms with Crippen molar-refractivity contribution in [2.75, 3.05) is 0 Å². The number of tetrazole rings is 1. The van der Waals surface area contributed by atoms with Crippen LogP contribution in [0.15, 0.2) is 47.5 Å². The van der Waals surface area contributed by atoms with Gasteiger partial charge in [0.1, 0.15) is 17.2 Å². The van der Waals surface area contributed by atoms with Crippen molar-refractivity contribution in [3.05, 3.63) is 75.8 Å². The lowest BCUT2D eigenvalue weighted by atomic mass is 9.85. The minimum Gasteiger partial charge on any atom is -0.345 e. The normalized spacial score (nSPS) is 20.5. The zero-order valence-electron chi connectivity index (χ0n) is 26.0. The van der Waals surface area contributed by atoms with Crippen molar-refractivity contribution in [3.63, 3.8) is 0 Å². The highest BCUT2D eigenvalue weighted by Crippen LogP contribution is 2.53. The van der Waals surface area contributed by atoms with Gasteiger partial charge in [-0.15, -0.1) is 10.2 Å². The highest BCUT2D eigenvalue weighted by molar-refractivity contribution is 6.47. The zero-order valence-corrected chi connectivity index (χ0v) is 26.8. The van der Waals surface area contributed by atoms with E-state index < -0.39 is 11.5 Å². The number of rotatable bonds is 13. The van der Waals surface area contributed by atoms with E-state index in [9.17, 15) is 14.0 Å². The molecule has 5 rings (SSSR count). The van der Waals surface area contributed by atoms with Gasteiger partial charge in [0, 0.05) is 11.1 Å². The number of carbonyl (C=O) groups is 2. The summed E-state index contributed by atoms with van der Waals surface area (Å²) in [5, 5.41) is 16.4. The summed E-state index contributed by atoms with van der Waals surface area (Å²) in [5.74, 6) is 0.306. The van der Waals surface area contributed by atoms with E-state index in [1.807, 2.05) is 24.0 Å². The highest BCUT2D eigenvalue weighted by Gasteiger charge is 2.49. The van der Waals surface area contributed by atoms with Crippen molar-refractivity contribution >= 4 is 29.1 Å². The number of aliphatic imine (C=N–C) groups is 1. The summed E-state index contributed by atoms with van der Waals surface area (Å²) in [4.78, 5) is 34.2. The van der Waals surface area contributed by atoms with Crippen molar-refractivity contribution in [2.24, 2.45) is 22.2 Å². The molecule has 0 radical (unpaired) electrons. The third-order valence-corrected chi connectivity index (χ3v) is 9.74. The molecule has 2 N–H and O–H groups in total. The number of aromatic amines is 1. The fourth-order valence-corrected chi connectivity index (χ4v) is 6.18. The quantitative estimate of drug-likeness (QED) is 0.221. The van der Waals surface area contributed by atoms with Crippen LogP contribution in [-0.4, -0.2) is 48.7 Å². The first-order valence-corrected chi connectivity index (χ1v) is 15.8. The molecule has 1 aromatic heterocycles. The van der Waals surface area contributed by atoms with Crippen LogP contribution in [0.3, 0.4) is 0 Å². The van der Waals surface area contributed by atoms with Gasteiger partial charge in [0.05, 0.1) is 17.6 Å². The van der Waals surface area contributed by atoms with E-state index in [2.05, 4.69) is 53.6 Å². The molecule has 2 aromatic carbocycles. The average Bonchev–Trinajstić information content (AvgIpc) is 3.42. The Morgan fingerprint density at radius 1 is 1.09 bits per heavy atom. The summed E-state index contributed by atoms with van der Waals surface area (Å²) in [6, 6.07) is 11.4. The molecule has 2 heterocycles. The van der Waals surface area contributed by atoms with E-state index in [1.165, 1.54) is 25.0 Å². The molecule has 0 saturated heterocycles. The monoisotopic (exact) mass is 621 g/mol. The molecule has 0 spiro atoms. The molecule has 44 heavy (non-hydrogen) atoms. The predicted octanol–water partition coefficient (Wildman–Crippen LogP) is 6.66. The maximum absolute atomic E-state index is 14.4. The number of benzene rings is 2. The number of nitrogens with one attached hydrogen (secondary N) is 2. The van der Waals surface area contributed by atoms with E-state index >= 15 is 0 Å². The van der Waals surface area contributed by atoms with E-state index in [-0.39, 0.29) is 29.4 Å². The highest BCUT2D eigenvalue weighted by atomic mass is 35.5. The van der Waals surface area contributed by atoms with Gasteiger partial charge in [-0.3, -0.25) is 14.6 Å². The Bertz CT molecular complexity index is 1520.